The van der Waals surface area contributed by atoms with Crippen LogP contribution in [0.4, 0.5) is 17.1 Å². The van der Waals surface area contributed by atoms with Crippen LogP contribution in [-0.4, -0.2) is 47.7 Å². The maximum Gasteiger partial charge on any atom is 0.325 e. The Bertz CT molecular complexity index is 1010. The van der Waals surface area contributed by atoms with Crippen LogP contribution in [0, 0.1) is 6.92 Å². The summed E-state index contributed by atoms with van der Waals surface area (Å²) in [6.45, 7) is 3.55. The van der Waals surface area contributed by atoms with Gasteiger partial charge in [-0.05, 0) is 56.7 Å². The molecule has 0 radical (unpaired) electrons. The quantitative estimate of drug-likeness (QED) is 0.248. The molecule has 2 fully saturated rings. The molecule has 0 bridgehead atoms. The number of nitrogens with two attached hydrogens (primary N) is 1. The van der Waals surface area contributed by atoms with E-state index in [9.17, 15) is 15.1 Å². The molecule has 1 aromatic carbocycles. The number of nitrogen functional groups attached to an aromatic ring is 1. The van der Waals surface area contributed by atoms with Crippen molar-refractivity contribution in [2.24, 2.45) is 4.99 Å². The molecule has 170 valence electrons. The number of rotatable bonds is 5. The van der Waals surface area contributed by atoms with E-state index in [1.165, 1.54) is 0 Å². The van der Waals surface area contributed by atoms with Gasteiger partial charge in [-0.25, -0.2) is 0 Å². The van der Waals surface area contributed by atoms with E-state index >= 15 is 0 Å². The number of aliphatic hydroxyl groups excluding tert-OH is 1. The summed E-state index contributed by atoms with van der Waals surface area (Å²) in [4.78, 5) is 19.9. The van der Waals surface area contributed by atoms with Gasteiger partial charge >= 0.3 is 11.6 Å². The Morgan fingerprint density at radius 3 is 2.66 bits per heavy atom. The Labute approximate surface area is 188 Å². The molecule has 1 saturated carbocycles. The molecule has 4 rings (SSSR count). The summed E-state index contributed by atoms with van der Waals surface area (Å²) < 4.78 is 0.891. The highest BCUT2D eigenvalue weighted by Gasteiger charge is 2.25. The number of amides is 1. The van der Waals surface area contributed by atoms with E-state index in [0.29, 0.717) is 17.1 Å². The standard InChI is InChI=1S/C24H31N5O3/c1-16-5-4-6-22(29(16)32)24(31)27-21-13-17(15-26-18-7-9-19(30)10-8-18)20(25)14-23(21)28-11-2-3-12-28/h4-6,13-15,18-19,25,30-32H,2-3,7-12H2,1H3/p+1. The van der Waals surface area contributed by atoms with Crippen LogP contribution in [0.2, 0.25) is 0 Å². The number of aliphatic hydroxyl groups is 1. The minimum absolute atomic E-state index is 0.158. The molecule has 1 saturated heterocycles. The second kappa shape index (κ2) is 9.56. The van der Waals surface area contributed by atoms with Crippen molar-refractivity contribution >= 4 is 29.2 Å². The molecular formula is C24H32N5O3+. The number of aliphatic imine (C=N–C) groups is 1. The highest BCUT2D eigenvalue weighted by atomic mass is 16.5. The van der Waals surface area contributed by atoms with E-state index in [0.717, 1.165) is 67.6 Å². The first kappa shape index (κ1) is 22.1. The lowest BCUT2D eigenvalue weighted by atomic mass is 9.93. The van der Waals surface area contributed by atoms with Crippen molar-refractivity contribution in [2.45, 2.75) is 57.6 Å². The number of hydrogen-bond donors (Lipinski definition) is 4. The van der Waals surface area contributed by atoms with Gasteiger partial charge in [0, 0.05) is 54.3 Å². The molecule has 1 aliphatic heterocycles. The summed E-state index contributed by atoms with van der Waals surface area (Å²) in [6.07, 6.45) is 7.00. The van der Waals surface area contributed by atoms with Gasteiger partial charge in [-0.1, -0.05) is 0 Å². The van der Waals surface area contributed by atoms with Crippen LogP contribution >= 0.6 is 0 Å². The van der Waals surface area contributed by atoms with Crippen LogP contribution in [0.3, 0.4) is 0 Å². The Hall–Kier alpha value is -3.13. The van der Waals surface area contributed by atoms with Gasteiger partial charge < -0.3 is 21.1 Å². The number of carbonyl (C=O) groups is 1. The summed E-state index contributed by atoms with van der Waals surface area (Å²) in [5, 5.41) is 22.9. The zero-order valence-electron chi connectivity index (χ0n) is 18.5. The summed E-state index contributed by atoms with van der Waals surface area (Å²) >= 11 is 0. The van der Waals surface area contributed by atoms with Crippen molar-refractivity contribution in [1.82, 2.24) is 0 Å². The Morgan fingerprint density at radius 1 is 1.22 bits per heavy atom. The van der Waals surface area contributed by atoms with E-state index in [1.807, 2.05) is 12.1 Å². The summed E-state index contributed by atoms with van der Waals surface area (Å²) in [7, 11) is 0. The minimum atomic E-state index is -0.398. The number of pyridine rings is 1. The average Bonchev–Trinajstić information content (AvgIpc) is 3.31. The van der Waals surface area contributed by atoms with Crippen LogP contribution in [0.25, 0.3) is 0 Å². The molecule has 5 N–H and O–H groups in total. The molecule has 2 aliphatic rings. The zero-order chi connectivity index (χ0) is 22.7. The van der Waals surface area contributed by atoms with Crippen molar-refractivity contribution in [3.05, 3.63) is 47.3 Å². The molecule has 1 aliphatic carbocycles. The second-order valence-electron chi connectivity index (χ2n) is 8.75. The highest BCUT2D eigenvalue weighted by Crippen LogP contribution is 2.33. The van der Waals surface area contributed by atoms with Gasteiger partial charge in [-0.15, -0.1) is 0 Å². The van der Waals surface area contributed by atoms with E-state index in [2.05, 4.69) is 10.2 Å². The first-order valence-corrected chi connectivity index (χ1v) is 11.3. The van der Waals surface area contributed by atoms with Gasteiger partial charge in [0.2, 0.25) is 5.69 Å². The highest BCUT2D eigenvalue weighted by molar-refractivity contribution is 6.05. The molecule has 32 heavy (non-hydrogen) atoms. The lowest BCUT2D eigenvalue weighted by Gasteiger charge is -2.23. The van der Waals surface area contributed by atoms with Crippen molar-refractivity contribution in [2.75, 3.05) is 29.0 Å². The zero-order valence-corrected chi connectivity index (χ0v) is 18.5. The number of aryl methyl sites for hydroxylation is 1. The van der Waals surface area contributed by atoms with Gasteiger partial charge in [-0.2, -0.15) is 0 Å². The Balaban J connectivity index is 1.63. The molecule has 1 amide bonds. The molecule has 0 unspecified atom stereocenters. The van der Waals surface area contributed by atoms with Crippen LogP contribution in [0.5, 0.6) is 0 Å². The number of nitrogens with one attached hydrogen (secondary N) is 1. The van der Waals surface area contributed by atoms with Gasteiger partial charge in [0.15, 0.2) is 0 Å². The third-order valence-electron chi connectivity index (χ3n) is 6.37. The molecular weight excluding hydrogens is 406 g/mol. The van der Waals surface area contributed by atoms with E-state index in [1.54, 1.807) is 31.3 Å². The van der Waals surface area contributed by atoms with Crippen molar-refractivity contribution in [3.63, 3.8) is 0 Å². The summed E-state index contributed by atoms with van der Waals surface area (Å²) in [5.74, 6) is -0.398. The molecule has 1 aromatic heterocycles. The molecule has 8 heteroatoms. The average molecular weight is 439 g/mol. The largest absolute Gasteiger partial charge is 0.398 e. The topological polar surface area (TPSA) is 115 Å². The predicted octanol–water partition coefficient (Wildman–Crippen LogP) is 2.68. The number of carbonyl (C=O) groups excluding carboxylic acids is 1. The van der Waals surface area contributed by atoms with Crippen molar-refractivity contribution in [3.8, 4) is 0 Å². The fourth-order valence-electron chi connectivity index (χ4n) is 4.41. The minimum Gasteiger partial charge on any atom is -0.398 e. The predicted molar refractivity (Wildman–Crippen MR) is 125 cm³/mol. The maximum atomic E-state index is 13.0. The van der Waals surface area contributed by atoms with E-state index in [-0.39, 0.29) is 17.8 Å². The third-order valence-corrected chi connectivity index (χ3v) is 6.37. The van der Waals surface area contributed by atoms with Gasteiger partial charge in [0.05, 0.1) is 23.5 Å². The summed E-state index contributed by atoms with van der Waals surface area (Å²) in [6, 6.07) is 8.98. The summed E-state index contributed by atoms with van der Waals surface area (Å²) in [5.41, 5.74) is 9.97. The van der Waals surface area contributed by atoms with Gasteiger partial charge in [-0.3, -0.25) is 15.0 Å². The molecule has 2 heterocycles. The number of nitrogens with zero attached hydrogens (tertiary/aromatic N) is 3. The normalized spacial score (nSPS) is 21.2. The fraction of sp³-hybridized carbons (Fsp3) is 0.458. The number of benzene rings is 1. The molecule has 0 spiro atoms. The Kier molecular flexibility index (Phi) is 6.60. The SMILES string of the molecule is Cc1cccc(C(=O)Nc2cc(C=NC3CCC(O)CC3)c(N)cc2N2CCCC2)[n+]1O. The Morgan fingerprint density at radius 2 is 1.94 bits per heavy atom. The smallest absolute Gasteiger partial charge is 0.325 e. The lowest BCUT2D eigenvalue weighted by Crippen LogP contribution is -2.42. The number of aromatic nitrogens is 1. The van der Waals surface area contributed by atoms with E-state index in [4.69, 9.17) is 10.7 Å². The second-order valence-corrected chi connectivity index (χ2v) is 8.75. The van der Waals surface area contributed by atoms with Crippen LogP contribution < -0.4 is 20.7 Å². The monoisotopic (exact) mass is 438 g/mol. The van der Waals surface area contributed by atoms with Crippen LogP contribution in [0.15, 0.2) is 35.3 Å². The molecule has 2 aromatic rings. The lowest BCUT2D eigenvalue weighted by molar-refractivity contribution is -0.909. The number of hydrogen-bond acceptors (Lipinski definition) is 6. The van der Waals surface area contributed by atoms with Gasteiger partial charge in [0.25, 0.3) is 0 Å². The first-order valence-electron chi connectivity index (χ1n) is 11.3. The first-order chi connectivity index (χ1) is 15.4. The van der Waals surface area contributed by atoms with Crippen LogP contribution in [-0.2, 0) is 0 Å². The maximum absolute atomic E-state index is 13.0. The molecule has 0 atom stereocenters. The van der Waals surface area contributed by atoms with Crippen molar-refractivity contribution in [1.29, 1.82) is 0 Å². The van der Waals surface area contributed by atoms with Crippen molar-refractivity contribution < 1.29 is 19.8 Å². The molecule has 8 nitrogen and oxygen atoms in total. The number of anilines is 3. The van der Waals surface area contributed by atoms with Gasteiger partial charge in [0.1, 0.15) is 0 Å². The third kappa shape index (κ3) is 4.85. The fourth-order valence-corrected chi connectivity index (χ4v) is 4.41. The van der Waals surface area contributed by atoms with E-state index < -0.39 is 5.91 Å². The van der Waals surface area contributed by atoms with Crippen LogP contribution in [0.1, 0.15) is 60.3 Å².